The molecule has 0 aromatic carbocycles. The van der Waals surface area contributed by atoms with Gasteiger partial charge in [0.1, 0.15) is 0 Å². The third-order valence-corrected chi connectivity index (χ3v) is 4.22. The molecule has 5 nitrogen and oxygen atoms in total. The van der Waals surface area contributed by atoms with Crippen LogP contribution in [0.5, 0.6) is 0 Å². The summed E-state index contributed by atoms with van der Waals surface area (Å²) in [5.41, 5.74) is 5.56. The smallest absolute Gasteiger partial charge is 0.220 e. The molecule has 1 saturated heterocycles. The van der Waals surface area contributed by atoms with E-state index in [1.807, 2.05) is 6.92 Å². The molecule has 1 rings (SSSR count). The Balaban J connectivity index is 2.41. The zero-order chi connectivity index (χ0) is 15.1. The first kappa shape index (κ1) is 17.4. The number of carbonyl (C=O) groups is 1. The van der Waals surface area contributed by atoms with Gasteiger partial charge in [0.2, 0.25) is 5.91 Å². The number of nitrogens with one attached hydrogen (secondary N) is 1. The maximum atomic E-state index is 11.9. The van der Waals surface area contributed by atoms with Crippen molar-refractivity contribution in [3.63, 3.8) is 0 Å². The summed E-state index contributed by atoms with van der Waals surface area (Å²) in [5.74, 6) is 0.935. The number of piperazine rings is 1. The molecule has 0 spiro atoms. The molecule has 0 aliphatic carbocycles. The highest BCUT2D eigenvalue weighted by atomic mass is 16.1. The number of likely N-dealkylation sites (N-methyl/N-ethyl adjacent to an activating group) is 1. The summed E-state index contributed by atoms with van der Waals surface area (Å²) < 4.78 is 0. The second kappa shape index (κ2) is 8.60. The Hall–Kier alpha value is -0.650. The van der Waals surface area contributed by atoms with E-state index in [9.17, 15) is 4.79 Å². The summed E-state index contributed by atoms with van der Waals surface area (Å²) >= 11 is 0. The fourth-order valence-corrected chi connectivity index (χ4v) is 2.63. The van der Waals surface area contributed by atoms with Gasteiger partial charge in [0.05, 0.1) is 0 Å². The van der Waals surface area contributed by atoms with Gasteiger partial charge in [-0.2, -0.15) is 0 Å². The number of carbonyl (C=O) groups excluding carboxylic acids is 1. The van der Waals surface area contributed by atoms with Gasteiger partial charge < -0.3 is 16.0 Å². The number of nitrogens with zero attached hydrogens (tertiary/aromatic N) is 2. The van der Waals surface area contributed by atoms with Gasteiger partial charge in [-0.15, -0.1) is 0 Å². The van der Waals surface area contributed by atoms with Crippen LogP contribution < -0.4 is 11.1 Å². The fourth-order valence-electron chi connectivity index (χ4n) is 2.63. The van der Waals surface area contributed by atoms with Crippen molar-refractivity contribution in [1.29, 1.82) is 0 Å². The Bertz CT molecular complexity index is 288. The van der Waals surface area contributed by atoms with Crippen LogP contribution in [0.4, 0.5) is 0 Å². The van der Waals surface area contributed by atoms with E-state index >= 15 is 0 Å². The number of nitrogens with two attached hydrogens (primary N) is 1. The molecule has 2 atom stereocenters. The van der Waals surface area contributed by atoms with Crippen molar-refractivity contribution in [1.82, 2.24) is 15.1 Å². The Kier molecular flexibility index (Phi) is 7.48. The third-order valence-electron chi connectivity index (χ3n) is 4.22. The second-order valence-corrected chi connectivity index (χ2v) is 6.50. The van der Waals surface area contributed by atoms with Crippen LogP contribution in [0.1, 0.15) is 27.2 Å². The lowest BCUT2D eigenvalue weighted by Crippen LogP contribution is -2.54. The van der Waals surface area contributed by atoms with Crippen LogP contribution in [0.15, 0.2) is 0 Å². The van der Waals surface area contributed by atoms with E-state index in [1.165, 1.54) is 0 Å². The molecule has 1 aliphatic heterocycles. The molecule has 1 aliphatic rings. The van der Waals surface area contributed by atoms with Crippen molar-refractivity contribution >= 4 is 5.91 Å². The topological polar surface area (TPSA) is 61.6 Å². The van der Waals surface area contributed by atoms with Crippen LogP contribution in [-0.4, -0.2) is 68.1 Å². The zero-order valence-corrected chi connectivity index (χ0v) is 13.6. The minimum atomic E-state index is 0.128. The van der Waals surface area contributed by atoms with E-state index in [1.54, 1.807) is 0 Å². The van der Waals surface area contributed by atoms with Crippen molar-refractivity contribution in [3.8, 4) is 0 Å². The van der Waals surface area contributed by atoms with Crippen LogP contribution in [0.3, 0.4) is 0 Å². The van der Waals surface area contributed by atoms with E-state index in [-0.39, 0.29) is 11.8 Å². The molecule has 118 valence electrons. The van der Waals surface area contributed by atoms with Gasteiger partial charge in [-0.05, 0) is 25.4 Å². The summed E-state index contributed by atoms with van der Waals surface area (Å²) in [6, 6.07) is 0.431. The number of amides is 1. The molecule has 0 saturated carbocycles. The maximum Gasteiger partial charge on any atom is 0.220 e. The minimum absolute atomic E-state index is 0.128. The summed E-state index contributed by atoms with van der Waals surface area (Å²) in [5, 5.41) is 3.09. The first-order valence-corrected chi connectivity index (χ1v) is 7.83. The number of rotatable bonds is 7. The first-order valence-electron chi connectivity index (χ1n) is 7.83. The van der Waals surface area contributed by atoms with E-state index in [2.05, 4.69) is 36.0 Å². The molecule has 1 fully saturated rings. The van der Waals surface area contributed by atoms with Crippen LogP contribution >= 0.6 is 0 Å². The molecule has 20 heavy (non-hydrogen) atoms. The van der Waals surface area contributed by atoms with Gasteiger partial charge in [-0.25, -0.2) is 0 Å². The number of hydrogen-bond acceptors (Lipinski definition) is 4. The maximum absolute atomic E-state index is 11.9. The van der Waals surface area contributed by atoms with Crippen LogP contribution in [-0.2, 0) is 4.79 Å². The average Bonchev–Trinajstić information content (AvgIpc) is 2.40. The molecule has 0 aromatic rings. The lowest BCUT2D eigenvalue weighted by atomic mass is 10.0. The Morgan fingerprint density at radius 2 is 1.80 bits per heavy atom. The molecule has 3 N–H and O–H groups in total. The third kappa shape index (κ3) is 5.77. The molecule has 1 amide bonds. The van der Waals surface area contributed by atoms with E-state index < -0.39 is 0 Å². The van der Waals surface area contributed by atoms with Crippen LogP contribution in [0.25, 0.3) is 0 Å². The van der Waals surface area contributed by atoms with Crippen molar-refractivity contribution in [2.75, 3.05) is 46.3 Å². The van der Waals surface area contributed by atoms with Gasteiger partial charge in [0.25, 0.3) is 0 Å². The highest BCUT2D eigenvalue weighted by molar-refractivity contribution is 5.76. The van der Waals surface area contributed by atoms with Crippen molar-refractivity contribution in [2.45, 2.75) is 33.2 Å². The van der Waals surface area contributed by atoms with Crippen molar-refractivity contribution < 1.29 is 4.79 Å². The van der Waals surface area contributed by atoms with E-state index in [0.29, 0.717) is 24.9 Å². The summed E-state index contributed by atoms with van der Waals surface area (Å²) in [6.07, 6.45) is 0.532. The first-order chi connectivity index (χ1) is 9.43. The Morgan fingerprint density at radius 1 is 1.20 bits per heavy atom. The molecule has 5 heteroatoms. The Labute approximate surface area is 123 Å². The van der Waals surface area contributed by atoms with Crippen LogP contribution in [0, 0.1) is 11.8 Å². The molecular weight excluding hydrogens is 252 g/mol. The monoisotopic (exact) mass is 284 g/mol. The van der Waals surface area contributed by atoms with Gasteiger partial charge >= 0.3 is 0 Å². The highest BCUT2D eigenvalue weighted by Crippen LogP contribution is 2.13. The van der Waals surface area contributed by atoms with Crippen molar-refractivity contribution in [3.05, 3.63) is 0 Å². The molecule has 1 heterocycles. The Morgan fingerprint density at radius 3 is 2.30 bits per heavy atom. The molecule has 0 aromatic heterocycles. The lowest BCUT2D eigenvalue weighted by molar-refractivity contribution is -0.122. The summed E-state index contributed by atoms with van der Waals surface area (Å²) in [7, 11) is 2.16. The quantitative estimate of drug-likeness (QED) is 0.709. The van der Waals surface area contributed by atoms with Crippen molar-refractivity contribution in [2.24, 2.45) is 17.6 Å². The molecular formula is C15H32N4O. The van der Waals surface area contributed by atoms with Gasteiger partial charge in [0.15, 0.2) is 0 Å². The lowest BCUT2D eigenvalue weighted by Gasteiger charge is -2.40. The minimum Gasteiger partial charge on any atom is -0.355 e. The second-order valence-electron chi connectivity index (χ2n) is 6.50. The summed E-state index contributed by atoms with van der Waals surface area (Å²) in [4.78, 5) is 16.7. The predicted octanol–water partition coefficient (Wildman–Crippen LogP) is 0.360. The molecule has 0 radical (unpaired) electrons. The highest BCUT2D eigenvalue weighted by Gasteiger charge is 2.25. The normalized spacial score (nSPS) is 20.9. The molecule has 0 bridgehead atoms. The van der Waals surface area contributed by atoms with Gasteiger partial charge in [0, 0.05) is 45.2 Å². The number of hydrogen-bond donors (Lipinski definition) is 2. The standard InChI is InChI=1S/C15H32N4O/c1-12(2)14(19-7-5-18(4)6-8-19)11-17-15(20)9-13(3)10-16/h12-14H,5-11,16H2,1-4H3,(H,17,20). The van der Waals surface area contributed by atoms with Gasteiger partial charge in [-0.3, -0.25) is 9.69 Å². The van der Waals surface area contributed by atoms with E-state index in [0.717, 1.165) is 32.7 Å². The largest absolute Gasteiger partial charge is 0.355 e. The molecule has 2 unspecified atom stereocenters. The predicted molar refractivity (Wildman–Crippen MR) is 83.5 cm³/mol. The average molecular weight is 284 g/mol. The van der Waals surface area contributed by atoms with Crippen LogP contribution in [0.2, 0.25) is 0 Å². The zero-order valence-electron chi connectivity index (χ0n) is 13.6. The SMILES string of the molecule is CC(CN)CC(=O)NCC(C(C)C)N1CCN(C)CC1. The van der Waals surface area contributed by atoms with E-state index in [4.69, 9.17) is 5.73 Å². The summed E-state index contributed by atoms with van der Waals surface area (Å²) in [6.45, 7) is 12.2. The van der Waals surface area contributed by atoms with Gasteiger partial charge in [-0.1, -0.05) is 20.8 Å². The fraction of sp³-hybridized carbons (Fsp3) is 0.933.